The lowest BCUT2D eigenvalue weighted by atomic mass is 9.87. The Bertz CT molecular complexity index is 279. The minimum absolute atomic E-state index is 0.602. The molecular weight excluding hydrogens is 162 g/mol. The van der Waals surface area contributed by atoms with Gasteiger partial charge in [0, 0.05) is 5.92 Å². The Morgan fingerprint density at radius 3 is 2.69 bits per heavy atom. The Balaban J connectivity index is 2.14. The van der Waals surface area contributed by atoms with E-state index in [1.54, 1.807) is 6.20 Å². The summed E-state index contributed by atoms with van der Waals surface area (Å²) in [6, 6.07) is 1.96. The van der Waals surface area contributed by atoms with E-state index in [4.69, 9.17) is 5.73 Å². The number of anilines is 1. The third-order valence-corrected chi connectivity index (χ3v) is 2.72. The summed E-state index contributed by atoms with van der Waals surface area (Å²) in [5.74, 6) is 0.602. The first kappa shape index (κ1) is 8.48. The topological polar surface area (TPSA) is 51.8 Å². The van der Waals surface area contributed by atoms with Crippen molar-refractivity contribution in [1.82, 2.24) is 10.2 Å². The molecule has 70 valence electrons. The second-order valence-corrected chi connectivity index (χ2v) is 3.75. The van der Waals surface area contributed by atoms with E-state index in [2.05, 4.69) is 10.2 Å². The van der Waals surface area contributed by atoms with Gasteiger partial charge in [0.25, 0.3) is 0 Å². The molecule has 0 saturated heterocycles. The van der Waals surface area contributed by atoms with Crippen LogP contribution in [0.15, 0.2) is 12.3 Å². The SMILES string of the molecule is Nc1cnnc(C2CCCCC2)c1. The summed E-state index contributed by atoms with van der Waals surface area (Å²) in [4.78, 5) is 0. The molecule has 0 aliphatic heterocycles. The zero-order valence-electron chi connectivity index (χ0n) is 7.74. The number of nitrogen functional groups attached to an aromatic ring is 1. The molecule has 13 heavy (non-hydrogen) atoms. The highest BCUT2D eigenvalue weighted by molar-refractivity contribution is 5.35. The highest BCUT2D eigenvalue weighted by Gasteiger charge is 2.16. The Hall–Kier alpha value is -1.12. The van der Waals surface area contributed by atoms with Gasteiger partial charge in [0.05, 0.1) is 17.6 Å². The molecule has 1 aromatic rings. The number of nitrogens with zero attached hydrogens (tertiary/aromatic N) is 2. The number of rotatable bonds is 1. The van der Waals surface area contributed by atoms with E-state index in [0.717, 1.165) is 11.4 Å². The predicted octanol–water partition coefficient (Wildman–Crippen LogP) is 2.11. The molecule has 0 radical (unpaired) electrons. The molecule has 1 fully saturated rings. The van der Waals surface area contributed by atoms with Crippen LogP contribution in [0, 0.1) is 0 Å². The quantitative estimate of drug-likeness (QED) is 0.714. The molecule has 1 aliphatic carbocycles. The standard InChI is InChI=1S/C10H15N3/c11-9-6-10(13-12-7-9)8-4-2-1-3-5-8/h6-8H,1-5H2,(H2,11,13). The van der Waals surface area contributed by atoms with Gasteiger partial charge in [-0.25, -0.2) is 0 Å². The first-order valence-electron chi connectivity index (χ1n) is 4.94. The third-order valence-electron chi connectivity index (χ3n) is 2.72. The second kappa shape index (κ2) is 3.73. The van der Waals surface area contributed by atoms with E-state index in [-0.39, 0.29) is 0 Å². The summed E-state index contributed by atoms with van der Waals surface area (Å²) < 4.78 is 0. The van der Waals surface area contributed by atoms with Crippen molar-refractivity contribution in [1.29, 1.82) is 0 Å². The van der Waals surface area contributed by atoms with Gasteiger partial charge in [0.1, 0.15) is 0 Å². The zero-order valence-corrected chi connectivity index (χ0v) is 7.74. The van der Waals surface area contributed by atoms with Gasteiger partial charge >= 0.3 is 0 Å². The van der Waals surface area contributed by atoms with Crippen molar-refractivity contribution in [2.75, 3.05) is 5.73 Å². The number of hydrogen-bond acceptors (Lipinski definition) is 3. The molecule has 0 unspecified atom stereocenters. The van der Waals surface area contributed by atoms with E-state index >= 15 is 0 Å². The third kappa shape index (κ3) is 1.97. The fourth-order valence-corrected chi connectivity index (χ4v) is 2.00. The van der Waals surface area contributed by atoms with Crippen LogP contribution < -0.4 is 5.73 Å². The number of nitrogens with two attached hydrogens (primary N) is 1. The van der Waals surface area contributed by atoms with Crippen LogP contribution in [-0.2, 0) is 0 Å². The van der Waals surface area contributed by atoms with Crippen molar-refractivity contribution in [3.63, 3.8) is 0 Å². The first-order valence-corrected chi connectivity index (χ1v) is 4.94. The van der Waals surface area contributed by atoms with Gasteiger partial charge in [-0.15, -0.1) is 0 Å². The maximum Gasteiger partial charge on any atom is 0.0726 e. The van der Waals surface area contributed by atoms with Crippen LogP contribution >= 0.6 is 0 Å². The van der Waals surface area contributed by atoms with Crippen LogP contribution in [0.3, 0.4) is 0 Å². The van der Waals surface area contributed by atoms with Crippen LogP contribution in [0.1, 0.15) is 43.7 Å². The summed E-state index contributed by atoms with van der Waals surface area (Å²) in [5.41, 5.74) is 7.48. The molecule has 3 heteroatoms. The van der Waals surface area contributed by atoms with Crippen molar-refractivity contribution >= 4 is 5.69 Å². The van der Waals surface area contributed by atoms with Gasteiger partial charge in [-0.2, -0.15) is 10.2 Å². The molecule has 0 aromatic carbocycles. The van der Waals surface area contributed by atoms with Crippen molar-refractivity contribution in [3.05, 3.63) is 18.0 Å². The van der Waals surface area contributed by atoms with Gasteiger partial charge in [-0.3, -0.25) is 0 Å². The van der Waals surface area contributed by atoms with Gasteiger partial charge in [-0.05, 0) is 18.9 Å². The maximum absolute atomic E-state index is 5.66. The number of hydrogen-bond donors (Lipinski definition) is 1. The first-order chi connectivity index (χ1) is 6.36. The normalized spacial score (nSPS) is 18.8. The predicted molar refractivity (Wildman–Crippen MR) is 52.3 cm³/mol. The molecule has 0 amide bonds. The Morgan fingerprint density at radius 2 is 2.00 bits per heavy atom. The fourth-order valence-electron chi connectivity index (χ4n) is 2.00. The zero-order chi connectivity index (χ0) is 9.10. The van der Waals surface area contributed by atoms with Crippen LogP contribution in [0.25, 0.3) is 0 Å². The van der Waals surface area contributed by atoms with E-state index in [1.807, 2.05) is 6.07 Å². The molecule has 1 aromatic heterocycles. The summed E-state index contributed by atoms with van der Waals surface area (Å²) in [7, 11) is 0. The van der Waals surface area contributed by atoms with E-state index < -0.39 is 0 Å². The molecule has 2 N–H and O–H groups in total. The molecule has 2 rings (SSSR count). The van der Waals surface area contributed by atoms with Crippen molar-refractivity contribution in [3.8, 4) is 0 Å². The highest BCUT2D eigenvalue weighted by Crippen LogP contribution is 2.31. The summed E-state index contributed by atoms with van der Waals surface area (Å²) in [5, 5.41) is 8.02. The molecular formula is C10H15N3. The van der Waals surface area contributed by atoms with Crippen LogP contribution in [0.2, 0.25) is 0 Å². The lowest BCUT2D eigenvalue weighted by Gasteiger charge is -2.20. The molecule has 1 heterocycles. The second-order valence-electron chi connectivity index (χ2n) is 3.75. The Kier molecular flexibility index (Phi) is 2.43. The van der Waals surface area contributed by atoms with Gasteiger partial charge in [0.2, 0.25) is 0 Å². The van der Waals surface area contributed by atoms with Crippen molar-refractivity contribution < 1.29 is 0 Å². The summed E-state index contributed by atoms with van der Waals surface area (Å²) in [6.45, 7) is 0. The molecule has 3 nitrogen and oxygen atoms in total. The summed E-state index contributed by atoms with van der Waals surface area (Å²) in [6.07, 6.45) is 8.11. The number of aromatic nitrogens is 2. The maximum atomic E-state index is 5.66. The summed E-state index contributed by atoms with van der Waals surface area (Å²) >= 11 is 0. The molecule has 0 spiro atoms. The monoisotopic (exact) mass is 177 g/mol. The van der Waals surface area contributed by atoms with Gasteiger partial charge in [0.15, 0.2) is 0 Å². The fraction of sp³-hybridized carbons (Fsp3) is 0.600. The smallest absolute Gasteiger partial charge is 0.0726 e. The molecule has 1 saturated carbocycles. The minimum atomic E-state index is 0.602. The van der Waals surface area contributed by atoms with E-state index in [0.29, 0.717) is 5.92 Å². The van der Waals surface area contributed by atoms with Crippen LogP contribution in [-0.4, -0.2) is 10.2 Å². The highest BCUT2D eigenvalue weighted by atomic mass is 15.1. The van der Waals surface area contributed by atoms with E-state index in [9.17, 15) is 0 Å². The van der Waals surface area contributed by atoms with Crippen molar-refractivity contribution in [2.45, 2.75) is 38.0 Å². The Labute approximate surface area is 78.4 Å². The van der Waals surface area contributed by atoms with Crippen LogP contribution in [0.5, 0.6) is 0 Å². The van der Waals surface area contributed by atoms with Crippen LogP contribution in [0.4, 0.5) is 5.69 Å². The molecule has 1 aliphatic rings. The Morgan fingerprint density at radius 1 is 1.23 bits per heavy atom. The lowest BCUT2D eigenvalue weighted by Crippen LogP contribution is -2.07. The average molecular weight is 177 g/mol. The molecule has 0 bridgehead atoms. The van der Waals surface area contributed by atoms with Gasteiger partial charge in [-0.1, -0.05) is 19.3 Å². The molecule has 0 atom stereocenters. The minimum Gasteiger partial charge on any atom is -0.397 e. The van der Waals surface area contributed by atoms with Crippen molar-refractivity contribution in [2.24, 2.45) is 0 Å². The lowest BCUT2D eigenvalue weighted by molar-refractivity contribution is 0.434. The van der Waals surface area contributed by atoms with Gasteiger partial charge < -0.3 is 5.73 Å². The van der Waals surface area contributed by atoms with E-state index in [1.165, 1.54) is 32.1 Å². The average Bonchev–Trinajstić information content (AvgIpc) is 2.19. The largest absolute Gasteiger partial charge is 0.397 e.